The van der Waals surface area contributed by atoms with E-state index in [0.717, 1.165) is 12.1 Å². The van der Waals surface area contributed by atoms with E-state index in [9.17, 15) is 18.0 Å². The summed E-state index contributed by atoms with van der Waals surface area (Å²) in [4.78, 5) is 10.7. The number of anilines is 1. The first-order chi connectivity index (χ1) is 7.23. The first-order valence-electron chi connectivity index (χ1n) is 3.94. The number of carbonyl (C=O) groups is 1. The molecule has 88 valence electrons. The van der Waals surface area contributed by atoms with Gasteiger partial charge in [-0.25, -0.2) is 15.6 Å². The molecule has 4 N–H and O–H groups in total. The molecule has 1 rings (SSSR count). The number of hydrazine groups is 1. The van der Waals surface area contributed by atoms with Gasteiger partial charge in [-0.05, 0) is 18.2 Å². The van der Waals surface area contributed by atoms with Crippen LogP contribution in [0.3, 0.4) is 0 Å². The van der Waals surface area contributed by atoms with Crippen LogP contribution in [0.15, 0.2) is 18.2 Å². The van der Waals surface area contributed by atoms with Crippen LogP contribution in [0.4, 0.5) is 23.7 Å². The summed E-state index contributed by atoms with van der Waals surface area (Å²) in [5, 5.41) is -0.0833. The fourth-order valence-electron chi connectivity index (χ4n) is 1.01. The zero-order chi connectivity index (χ0) is 12.5. The maximum absolute atomic E-state index is 12.4. The number of amides is 2. The topological polar surface area (TPSA) is 72.4 Å². The molecule has 0 aliphatic rings. The lowest BCUT2D eigenvalue weighted by molar-refractivity contribution is -0.137. The molecule has 0 saturated carbocycles. The molecule has 0 fully saturated rings. The van der Waals surface area contributed by atoms with Gasteiger partial charge in [0.05, 0.1) is 16.3 Å². The van der Waals surface area contributed by atoms with Crippen molar-refractivity contribution in [1.29, 1.82) is 0 Å². The van der Waals surface area contributed by atoms with Crippen LogP contribution in [0.5, 0.6) is 0 Å². The van der Waals surface area contributed by atoms with E-state index in [1.165, 1.54) is 0 Å². The number of urea groups is 1. The van der Waals surface area contributed by atoms with E-state index in [4.69, 9.17) is 23.2 Å². The van der Waals surface area contributed by atoms with E-state index in [1.807, 2.05) is 0 Å². The van der Waals surface area contributed by atoms with Crippen LogP contribution in [0.1, 0.15) is 5.56 Å². The quantitative estimate of drug-likeness (QED) is 0.457. The summed E-state index contributed by atoms with van der Waals surface area (Å²) in [5.41, 5.74) is 3.54. The Labute approximate surface area is 93.5 Å². The number of primary amides is 1. The van der Waals surface area contributed by atoms with Crippen molar-refractivity contribution < 1.29 is 18.0 Å². The number of halogens is 4. The number of nitrogens with zero attached hydrogens (tertiary/aromatic N) is 1. The molecule has 0 aromatic heterocycles. The van der Waals surface area contributed by atoms with Crippen LogP contribution < -0.4 is 16.6 Å². The second-order valence-electron chi connectivity index (χ2n) is 2.87. The van der Waals surface area contributed by atoms with Crippen molar-refractivity contribution in [2.45, 2.75) is 6.18 Å². The van der Waals surface area contributed by atoms with Gasteiger partial charge in [0.25, 0.3) is 0 Å². The zero-order valence-corrected chi connectivity index (χ0v) is 8.51. The third-order valence-corrected chi connectivity index (χ3v) is 2.10. The van der Waals surface area contributed by atoms with Gasteiger partial charge in [0, 0.05) is 0 Å². The van der Waals surface area contributed by atoms with Crippen molar-refractivity contribution in [2.24, 2.45) is 11.6 Å². The number of carbonyl (C=O) groups excluding carboxylic acids is 1. The molecule has 0 atom stereocenters. The number of nitrogens with two attached hydrogens (primary N) is 2. The summed E-state index contributed by atoms with van der Waals surface area (Å²) in [6.45, 7) is 0. The third-order valence-electron chi connectivity index (χ3n) is 1.77. The Morgan fingerprint density at radius 2 is 1.94 bits per heavy atom. The molecular weight excluding hydrogens is 247 g/mol. The number of hydrogen-bond acceptors (Lipinski definition) is 2. The van der Waals surface area contributed by atoms with Crippen LogP contribution in [0.2, 0.25) is 5.02 Å². The van der Waals surface area contributed by atoms with Gasteiger partial charge in [0.1, 0.15) is 0 Å². The molecule has 2 amide bonds. The molecule has 4 nitrogen and oxygen atoms in total. The minimum Gasteiger partial charge on any atom is -0.350 e. The van der Waals surface area contributed by atoms with Gasteiger partial charge in [0.2, 0.25) is 0 Å². The molecule has 1 aromatic carbocycles. The van der Waals surface area contributed by atoms with Crippen molar-refractivity contribution in [2.75, 3.05) is 5.01 Å². The van der Waals surface area contributed by atoms with Crippen LogP contribution >= 0.6 is 11.6 Å². The van der Waals surface area contributed by atoms with E-state index in [1.54, 1.807) is 0 Å². The number of rotatable bonds is 1. The molecule has 0 aliphatic carbocycles. The highest BCUT2D eigenvalue weighted by Crippen LogP contribution is 2.36. The molecule has 0 aliphatic heterocycles. The Hall–Kier alpha value is -1.47. The maximum atomic E-state index is 12.4. The number of alkyl halides is 3. The van der Waals surface area contributed by atoms with Crippen molar-refractivity contribution in [3.8, 4) is 0 Å². The largest absolute Gasteiger partial charge is 0.417 e. The molecule has 16 heavy (non-hydrogen) atoms. The third kappa shape index (κ3) is 2.56. The fourth-order valence-corrected chi connectivity index (χ4v) is 1.23. The van der Waals surface area contributed by atoms with Crippen LogP contribution in [-0.2, 0) is 6.18 Å². The first kappa shape index (κ1) is 12.6. The molecule has 0 bridgehead atoms. The molecule has 0 spiro atoms. The predicted octanol–water partition coefficient (Wildman–Crippen LogP) is 2.12. The standard InChI is InChI=1S/C8H7ClF3N3O/c9-6-2-1-4(15(14)7(13)16)3-5(6)8(10,11)12/h1-3H,14H2,(H2,13,16). The van der Waals surface area contributed by atoms with Crippen LogP contribution in [0.25, 0.3) is 0 Å². The first-order valence-corrected chi connectivity index (χ1v) is 4.32. The highest BCUT2D eigenvalue weighted by Gasteiger charge is 2.33. The Kier molecular flexibility index (Phi) is 3.30. The van der Waals surface area contributed by atoms with Gasteiger partial charge in [-0.15, -0.1) is 0 Å². The van der Waals surface area contributed by atoms with Crippen molar-refractivity contribution in [3.05, 3.63) is 28.8 Å². The van der Waals surface area contributed by atoms with Crippen molar-refractivity contribution >= 4 is 23.3 Å². The highest BCUT2D eigenvalue weighted by atomic mass is 35.5. The van der Waals surface area contributed by atoms with Gasteiger partial charge >= 0.3 is 12.2 Å². The van der Waals surface area contributed by atoms with E-state index in [-0.39, 0.29) is 5.69 Å². The second kappa shape index (κ2) is 4.18. The molecule has 0 radical (unpaired) electrons. The summed E-state index contributed by atoms with van der Waals surface area (Å²) in [7, 11) is 0. The maximum Gasteiger partial charge on any atom is 0.417 e. The van der Waals surface area contributed by atoms with Crippen LogP contribution in [-0.4, -0.2) is 6.03 Å². The van der Waals surface area contributed by atoms with Gasteiger partial charge < -0.3 is 5.73 Å². The number of benzene rings is 1. The average Bonchev–Trinajstić information content (AvgIpc) is 2.15. The molecule has 0 saturated heterocycles. The van der Waals surface area contributed by atoms with Gasteiger partial charge in [-0.1, -0.05) is 11.6 Å². The molecular formula is C8H7ClF3N3O. The molecule has 0 unspecified atom stereocenters. The lowest BCUT2D eigenvalue weighted by atomic mass is 10.2. The Morgan fingerprint density at radius 1 is 1.38 bits per heavy atom. The zero-order valence-electron chi connectivity index (χ0n) is 7.75. The Bertz CT molecular complexity index is 421. The second-order valence-corrected chi connectivity index (χ2v) is 3.28. The predicted molar refractivity (Wildman–Crippen MR) is 52.7 cm³/mol. The minimum atomic E-state index is -4.62. The minimum absolute atomic E-state index is 0.191. The SMILES string of the molecule is NC(=O)N(N)c1ccc(Cl)c(C(F)(F)F)c1. The average molecular weight is 254 g/mol. The number of hydrogen-bond donors (Lipinski definition) is 2. The Morgan fingerprint density at radius 3 is 2.38 bits per heavy atom. The summed E-state index contributed by atoms with van der Waals surface area (Å²) < 4.78 is 37.3. The molecule has 8 heteroatoms. The van der Waals surface area contributed by atoms with E-state index < -0.39 is 22.8 Å². The molecule has 1 aromatic rings. The van der Waals surface area contributed by atoms with E-state index in [0.29, 0.717) is 11.1 Å². The smallest absolute Gasteiger partial charge is 0.350 e. The molecule has 0 heterocycles. The van der Waals surface area contributed by atoms with Crippen molar-refractivity contribution in [3.63, 3.8) is 0 Å². The van der Waals surface area contributed by atoms with Crippen LogP contribution in [0, 0.1) is 0 Å². The summed E-state index contributed by atoms with van der Waals surface area (Å²) in [6.07, 6.45) is -4.62. The van der Waals surface area contributed by atoms with Crippen molar-refractivity contribution in [1.82, 2.24) is 0 Å². The summed E-state index contributed by atoms with van der Waals surface area (Å²) >= 11 is 5.37. The monoisotopic (exact) mass is 253 g/mol. The highest BCUT2D eigenvalue weighted by molar-refractivity contribution is 6.31. The summed E-state index contributed by atoms with van der Waals surface area (Å²) in [5.74, 6) is 5.15. The lowest BCUT2D eigenvalue weighted by Crippen LogP contribution is -2.41. The fraction of sp³-hybridized carbons (Fsp3) is 0.125. The lowest BCUT2D eigenvalue weighted by Gasteiger charge is -2.16. The van der Waals surface area contributed by atoms with Gasteiger partial charge in [0.15, 0.2) is 0 Å². The van der Waals surface area contributed by atoms with Gasteiger partial charge in [-0.2, -0.15) is 13.2 Å². The summed E-state index contributed by atoms with van der Waals surface area (Å²) in [6, 6.07) is 1.72. The normalized spacial score (nSPS) is 11.3. The Balaban J connectivity index is 3.23. The van der Waals surface area contributed by atoms with Gasteiger partial charge in [-0.3, -0.25) is 0 Å². The van der Waals surface area contributed by atoms with E-state index >= 15 is 0 Å². The van der Waals surface area contributed by atoms with E-state index in [2.05, 4.69) is 0 Å².